The molecule has 1 fully saturated rings. The molecule has 1 aliphatic rings. The number of terminal acetylenes is 1. The van der Waals surface area contributed by atoms with E-state index in [1.165, 1.54) is 0 Å². The lowest BCUT2D eigenvalue weighted by atomic mass is 10.3. The van der Waals surface area contributed by atoms with Crippen LogP contribution >= 0.6 is 0 Å². The van der Waals surface area contributed by atoms with Gasteiger partial charge in [0.15, 0.2) is 0 Å². The molecule has 0 bridgehead atoms. The highest BCUT2D eigenvalue weighted by atomic mass is 16.4. The molecule has 48 valence electrons. The van der Waals surface area contributed by atoms with Crippen molar-refractivity contribution in [2.45, 2.75) is 6.42 Å². The monoisotopic (exact) mass is 124 g/mol. The molecule has 3 nitrogen and oxygen atoms in total. The van der Waals surface area contributed by atoms with Crippen LogP contribution in [0, 0.1) is 24.2 Å². The van der Waals surface area contributed by atoms with Gasteiger partial charge in [0.05, 0.1) is 0 Å². The Morgan fingerprint density at radius 2 is 2.56 bits per heavy atom. The zero-order chi connectivity index (χ0) is 6.85. The van der Waals surface area contributed by atoms with Crippen LogP contribution in [0.25, 0.3) is 0 Å². The molecule has 0 aromatic carbocycles. The average molecular weight is 124 g/mol. The summed E-state index contributed by atoms with van der Waals surface area (Å²) in [6.45, 7) is 0. The van der Waals surface area contributed by atoms with Crippen LogP contribution in [0.3, 0.4) is 0 Å². The predicted octanol–water partition coefficient (Wildman–Crippen LogP) is 0.00210. The molecule has 3 heteroatoms. The summed E-state index contributed by atoms with van der Waals surface area (Å²) in [5.74, 6) is 3.14. The Morgan fingerprint density at radius 1 is 1.89 bits per heavy atom. The van der Waals surface area contributed by atoms with Crippen molar-refractivity contribution < 1.29 is 5.21 Å². The lowest BCUT2D eigenvalue weighted by molar-refractivity contribution is 0.316. The Balaban J connectivity index is 2.45. The highest BCUT2D eigenvalue weighted by Crippen LogP contribution is 2.37. The van der Waals surface area contributed by atoms with Crippen LogP contribution in [0.1, 0.15) is 6.42 Å². The molecule has 0 amide bonds. The van der Waals surface area contributed by atoms with Crippen LogP contribution in [0.15, 0.2) is 5.16 Å². The molecule has 0 aromatic heterocycles. The number of rotatable bonds is 1. The molecule has 3 N–H and O–H groups in total. The molecule has 9 heavy (non-hydrogen) atoms. The van der Waals surface area contributed by atoms with Gasteiger partial charge in [-0.1, -0.05) is 5.16 Å². The minimum atomic E-state index is 0.139. The standard InChI is InChI=1S/C6H8N2O/c1-2-4-3-5(4)6(7)8-9/h1,4-5,9H,3H2,(H2,7,8)/t4-,5-/m1/s1. The van der Waals surface area contributed by atoms with Crippen LogP contribution in [0.4, 0.5) is 0 Å². The van der Waals surface area contributed by atoms with Gasteiger partial charge in [0.25, 0.3) is 0 Å². The van der Waals surface area contributed by atoms with Gasteiger partial charge in [-0.15, -0.1) is 12.3 Å². The van der Waals surface area contributed by atoms with Crippen LogP contribution in [-0.2, 0) is 0 Å². The second-order valence-corrected chi connectivity index (χ2v) is 2.14. The van der Waals surface area contributed by atoms with E-state index in [2.05, 4.69) is 11.1 Å². The normalized spacial score (nSPS) is 33.4. The van der Waals surface area contributed by atoms with Gasteiger partial charge >= 0.3 is 0 Å². The molecule has 0 unspecified atom stereocenters. The minimum absolute atomic E-state index is 0.139. The van der Waals surface area contributed by atoms with E-state index in [1.807, 2.05) is 0 Å². The van der Waals surface area contributed by atoms with E-state index in [0.29, 0.717) is 0 Å². The Bertz CT molecular complexity index is 180. The third kappa shape index (κ3) is 0.968. The first-order valence-electron chi connectivity index (χ1n) is 2.73. The Labute approximate surface area is 53.5 Å². The highest BCUT2D eigenvalue weighted by molar-refractivity contribution is 5.85. The first kappa shape index (κ1) is 5.96. The summed E-state index contributed by atoms with van der Waals surface area (Å²) < 4.78 is 0. The Kier molecular flexibility index (Phi) is 1.31. The van der Waals surface area contributed by atoms with Crippen LogP contribution in [0.5, 0.6) is 0 Å². The van der Waals surface area contributed by atoms with Crippen LogP contribution in [-0.4, -0.2) is 11.0 Å². The van der Waals surface area contributed by atoms with Gasteiger partial charge in [-0.3, -0.25) is 0 Å². The molecule has 0 radical (unpaired) electrons. The fourth-order valence-electron chi connectivity index (χ4n) is 0.780. The predicted molar refractivity (Wildman–Crippen MR) is 33.8 cm³/mol. The SMILES string of the molecule is C#C[C@@H]1C[C@H]1/C(N)=N/O. The molecule has 0 saturated heterocycles. The first-order valence-corrected chi connectivity index (χ1v) is 2.73. The molecule has 1 aliphatic carbocycles. The number of nitrogens with zero attached hydrogens (tertiary/aromatic N) is 1. The highest BCUT2D eigenvalue weighted by Gasteiger charge is 2.39. The van der Waals surface area contributed by atoms with Crippen molar-refractivity contribution in [1.29, 1.82) is 0 Å². The van der Waals surface area contributed by atoms with Crippen molar-refractivity contribution in [3.05, 3.63) is 0 Å². The van der Waals surface area contributed by atoms with Crippen molar-refractivity contribution in [3.8, 4) is 12.3 Å². The maximum absolute atomic E-state index is 8.15. The second-order valence-electron chi connectivity index (χ2n) is 2.14. The van der Waals surface area contributed by atoms with Crippen molar-refractivity contribution in [3.63, 3.8) is 0 Å². The summed E-state index contributed by atoms with van der Waals surface area (Å²) >= 11 is 0. The summed E-state index contributed by atoms with van der Waals surface area (Å²) in [5, 5.41) is 11.0. The summed E-state index contributed by atoms with van der Waals surface area (Å²) in [5.41, 5.74) is 5.25. The van der Waals surface area contributed by atoms with Crippen molar-refractivity contribution in [1.82, 2.24) is 0 Å². The molecule has 2 atom stereocenters. The van der Waals surface area contributed by atoms with E-state index >= 15 is 0 Å². The molecule has 0 aromatic rings. The number of oxime groups is 1. The third-order valence-electron chi connectivity index (χ3n) is 1.50. The number of amidine groups is 1. The Hall–Kier alpha value is -1.17. The molecule has 0 spiro atoms. The van der Waals surface area contributed by atoms with E-state index in [4.69, 9.17) is 17.4 Å². The molecular weight excluding hydrogens is 116 g/mol. The van der Waals surface area contributed by atoms with E-state index in [0.717, 1.165) is 6.42 Å². The molecule has 0 aliphatic heterocycles. The third-order valence-corrected chi connectivity index (χ3v) is 1.50. The fraction of sp³-hybridized carbons (Fsp3) is 0.500. The molecule has 1 rings (SSSR count). The Morgan fingerprint density at radius 3 is 2.89 bits per heavy atom. The first-order chi connectivity index (χ1) is 4.29. The van der Waals surface area contributed by atoms with E-state index < -0.39 is 0 Å². The van der Waals surface area contributed by atoms with Crippen LogP contribution in [0.2, 0.25) is 0 Å². The smallest absolute Gasteiger partial charge is 0.143 e. The maximum Gasteiger partial charge on any atom is 0.143 e. The molecule has 0 heterocycles. The number of hydrogen-bond donors (Lipinski definition) is 2. The van der Waals surface area contributed by atoms with Crippen molar-refractivity contribution in [2.24, 2.45) is 22.7 Å². The fourth-order valence-corrected chi connectivity index (χ4v) is 0.780. The van der Waals surface area contributed by atoms with Crippen LogP contribution < -0.4 is 5.73 Å². The lowest BCUT2D eigenvalue weighted by Crippen LogP contribution is -2.14. The molecular formula is C6H8N2O. The number of nitrogens with two attached hydrogens (primary N) is 1. The van der Waals surface area contributed by atoms with E-state index in [-0.39, 0.29) is 17.7 Å². The van der Waals surface area contributed by atoms with Crippen molar-refractivity contribution in [2.75, 3.05) is 0 Å². The summed E-state index contributed by atoms with van der Waals surface area (Å²) in [6.07, 6.45) is 5.94. The van der Waals surface area contributed by atoms with Gasteiger partial charge in [0, 0.05) is 11.8 Å². The van der Waals surface area contributed by atoms with Crippen molar-refractivity contribution >= 4 is 5.84 Å². The summed E-state index contributed by atoms with van der Waals surface area (Å²) in [4.78, 5) is 0. The van der Waals surface area contributed by atoms with Gasteiger partial charge in [0.1, 0.15) is 5.84 Å². The van der Waals surface area contributed by atoms with Gasteiger partial charge in [0.2, 0.25) is 0 Å². The zero-order valence-electron chi connectivity index (χ0n) is 4.91. The maximum atomic E-state index is 8.15. The van der Waals surface area contributed by atoms with Gasteiger partial charge in [-0.2, -0.15) is 0 Å². The van der Waals surface area contributed by atoms with E-state index in [9.17, 15) is 0 Å². The molecule has 1 saturated carbocycles. The van der Waals surface area contributed by atoms with Gasteiger partial charge in [-0.05, 0) is 6.42 Å². The number of hydrogen-bond acceptors (Lipinski definition) is 2. The van der Waals surface area contributed by atoms with Gasteiger partial charge in [-0.25, -0.2) is 0 Å². The zero-order valence-corrected chi connectivity index (χ0v) is 4.91. The summed E-state index contributed by atoms with van der Waals surface area (Å²) in [6, 6.07) is 0. The second kappa shape index (κ2) is 1.98. The summed E-state index contributed by atoms with van der Waals surface area (Å²) in [7, 11) is 0. The van der Waals surface area contributed by atoms with Gasteiger partial charge < -0.3 is 10.9 Å². The minimum Gasteiger partial charge on any atom is -0.409 e. The largest absolute Gasteiger partial charge is 0.409 e. The van der Waals surface area contributed by atoms with E-state index in [1.54, 1.807) is 0 Å². The topological polar surface area (TPSA) is 58.6 Å². The quantitative estimate of drug-likeness (QED) is 0.170. The lowest BCUT2D eigenvalue weighted by Gasteiger charge is -1.88. The average Bonchev–Trinajstić information content (AvgIpc) is 2.64.